The van der Waals surface area contributed by atoms with Gasteiger partial charge >= 0.3 is 11.9 Å². The third-order valence-electron chi connectivity index (χ3n) is 5.29. The molecule has 5 heteroatoms. The van der Waals surface area contributed by atoms with E-state index in [2.05, 4.69) is 6.58 Å². The van der Waals surface area contributed by atoms with Crippen LogP contribution in [0.15, 0.2) is 54.8 Å². The smallest absolute Gasteiger partial charge is 0.316 e. The van der Waals surface area contributed by atoms with Crippen LogP contribution >= 0.6 is 0 Å². The molecule has 2 aromatic rings. The number of rotatable bonds is 7. The lowest BCUT2D eigenvalue weighted by Crippen LogP contribution is -2.25. The van der Waals surface area contributed by atoms with Crippen LogP contribution in [-0.4, -0.2) is 11.9 Å². The van der Waals surface area contributed by atoms with E-state index >= 15 is 0 Å². The van der Waals surface area contributed by atoms with Crippen molar-refractivity contribution in [2.45, 2.75) is 75.2 Å². The molecule has 0 aromatic heterocycles. The minimum atomic E-state index is -0.621. The molecule has 0 N–H and O–H groups in total. The summed E-state index contributed by atoms with van der Waals surface area (Å²) in [5.41, 5.74) is 0.669. The van der Waals surface area contributed by atoms with Crippen molar-refractivity contribution < 1.29 is 23.8 Å². The molecule has 0 saturated heterocycles. The number of esters is 2. The van der Waals surface area contributed by atoms with Gasteiger partial charge in [0.2, 0.25) is 0 Å². The van der Waals surface area contributed by atoms with E-state index in [1.165, 1.54) is 0 Å². The van der Waals surface area contributed by atoms with Crippen LogP contribution in [0.2, 0.25) is 0 Å². The normalized spacial score (nSPS) is 12.1. The Balaban J connectivity index is 2.19. The van der Waals surface area contributed by atoms with Crippen molar-refractivity contribution in [2.24, 2.45) is 16.2 Å². The van der Waals surface area contributed by atoms with Crippen molar-refractivity contribution in [1.82, 2.24) is 0 Å². The minimum Gasteiger partial charge on any atom is -0.462 e. The van der Waals surface area contributed by atoms with Crippen molar-refractivity contribution in [2.75, 3.05) is 0 Å². The molecule has 5 nitrogen and oxygen atoms in total. The third kappa shape index (κ3) is 8.89. The Morgan fingerprint density at radius 1 is 0.600 bits per heavy atom. The molecule has 0 bridgehead atoms. The number of carbonyl (C=O) groups excluding carboxylic acids is 2. The summed E-state index contributed by atoms with van der Waals surface area (Å²) in [6.45, 7) is 21.1. The maximum Gasteiger partial charge on any atom is 0.316 e. The lowest BCUT2D eigenvalue weighted by Gasteiger charge is -2.23. The molecule has 2 aromatic carbocycles. The van der Waals surface area contributed by atoms with Crippen LogP contribution in [0.25, 0.3) is 0 Å². The van der Waals surface area contributed by atoms with Crippen LogP contribution in [0.1, 0.15) is 73.4 Å². The molecule has 0 heterocycles. The summed E-state index contributed by atoms with van der Waals surface area (Å²) in [5.74, 6) is 1.61. The van der Waals surface area contributed by atoms with Gasteiger partial charge in [-0.05, 0) is 89.8 Å². The number of carbonyl (C=O) groups is 2. The summed E-state index contributed by atoms with van der Waals surface area (Å²) in [6, 6.07) is 13.1. The van der Waals surface area contributed by atoms with Crippen molar-refractivity contribution >= 4 is 11.9 Å². The molecule has 0 spiro atoms. The highest BCUT2D eigenvalue weighted by atomic mass is 16.5. The Hall–Kier alpha value is -3.08. The van der Waals surface area contributed by atoms with Gasteiger partial charge in [-0.1, -0.05) is 39.5 Å². The number of hydrogen-bond donors (Lipinski definition) is 0. The molecule has 0 unspecified atom stereocenters. The van der Waals surface area contributed by atoms with E-state index in [0.29, 0.717) is 29.4 Å². The van der Waals surface area contributed by atoms with Gasteiger partial charge in [0.15, 0.2) is 0 Å². The average molecular weight is 481 g/mol. The SMILES string of the molecule is C=C(Oc1cc(CCc2ccc(OC(=O)C(C)(C)C)cc2)cc(OC(=O)C(C)(C)C)c1)C(C)(C)C. The van der Waals surface area contributed by atoms with E-state index in [0.717, 1.165) is 17.5 Å². The second-order valence-corrected chi connectivity index (χ2v) is 12.0. The van der Waals surface area contributed by atoms with E-state index in [1.807, 2.05) is 98.7 Å². The van der Waals surface area contributed by atoms with Gasteiger partial charge in [-0.2, -0.15) is 0 Å². The Morgan fingerprint density at radius 3 is 1.49 bits per heavy atom. The fraction of sp³-hybridized carbons (Fsp3) is 0.467. The summed E-state index contributed by atoms with van der Waals surface area (Å²) >= 11 is 0. The van der Waals surface area contributed by atoms with Crippen LogP contribution in [-0.2, 0) is 22.4 Å². The quantitative estimate of drug-likeness (QED) is 0.236. The molecular formula is C30H40O5. The highest BCUT2D eigenvalue weighted by molar-refractivity contribution is 5.78. The molecule has 0 aliphatic carbocycles. The van der Waals surface area contributed by atoms with Gasteiger partial charge in [0, 0.05) is 11.5 Å². The molecule has 190 valence electrons. The van der Waals surface area contributed by atoms with Crippen molar-refractivity contribution in [3.8, 4) is 17.2 Å². The molecule has 0 amide bonds. The molecule has 0 fully saturated rings. The molecule has 2 rings (SSSR count). The van der Waals surface area contributed by atoms with Crippen LogP contribution in [0.5, 0.6) is 17.2 Å². The molecule has 0 saturated carbocycles. The predicted octanol–water partition coefficient (Wildman–Crippen LogP) is 7.31. The van der Waals surface area contributed by atoms with Gasteiger partial charge in [0.05, 0.1) is 10.8 Å². The molecule has 35 heavy (non-hydrogen) atoms. The largest absolute Gasteiger partial charge is 0.462 e. The van der Waals surface area contributed by atoms with Gasteiger partial charge < -0.3 is 14.2 Å². The van der Waals surface area contributed by atoms with Gasteiger partial charge in [-0.25, -0.2) is 0 Å². The summed E-state index contributed by atoms with van der Waals surface area (Å²) in [7, 11) is 0. The molecular weight excluding hydrogens is 440 g/mol. The predicted molar refractivity (Wildman–Crippen MR) is 140 cm³/mol. The third-order valence-corrected chi connectivity index (χ3v) is 5.29. The Kier molecular flexibility index (Phi) is 8.59. The number of ether oxygens (including phenoxy) is 3. The van der Waals surface area contributed by atoms with E-state index < -0.39 is 10.8 Å². The first kappa shape index (κ1) is 28.2. The second kappa shape index (κ2) is 10.7. The highest BCUT2D eigenvalue weighted by Crippen LogP contribution is 2.31. The van der Waals surface area contributed by atoms with Gasteiger partial charge in [-0.15, -0.1) is 0 Å². The topological polar surface area (TPSA) is 61.8 Å². The first-order valence-corrected chi connectivity index (χ1v) is 12.0. The zero-order chi connectivity index (χ0) is 26.6. The zero-order valence-corrected chi connectivity index (χ0v) is 22.7. The zero-order valence-electron chi connectivity index (χ0n) is 22.7. The number of allylic oxidation sites excluding steroid dienone is 1. The first-order chi connectivity index (χ1) is 15.9. The van der Waals surface area contributed by atoms with Crippen LogP contribution in [0, 0.1) is 16.2 Å². The van der Waals surface area contributed by atoms with Gasteiger partial charge in [-0.3, -0.25) is 9.59 Å². The van der Waals surface area contributed by atoms with Crippen LogP contribution in [0.3, 0.4) is 0 Å². The van der Waals surface area contributed by atoms with Crippen LogP contribution < -0.4 is 14.2 Å². The summed E-state index contributed by atoms with van der Waals surface area (Å²) in [5, 5.41) is 0. The number of benzene rings is 2. The fourth-order valence-electron chi connectivity index (χ4n) is 2.72. The lowest BCUT2D eigenvalue weighted by molar-refractivity contribution is -0.143. The second-order valence-electron chi connectivity index (χ2n) is 12.0. The maximum atomic E-state index is 12.5. The van der Waals surface area contributed by atoms with E-state index in [1.54, 1.807) is 6.07 Å². The average Bonchev–Trinajstić information content (AvgIpc) is 2.71. The molecule has 0 aliphatic rings. The number of hydrogen-bond acceptors (Lipinski definition) is 5. The first-order valence-electron chi connectivity index (χ1n) is 12.0. The molecule has 0 radical (unpaired) electrons. The van der Waals surface area contributed by atoms with E-state index in [9.17, 15) is 9.59 Å². The lowest BCUT2D eigenvalue weighted by atomic mass is 9.95. The Labute approximate surface area is 210 Å². The standard InChI is InChI=1S/C30H40O5/c1-20(28(2,3)4)33-24-17-22(18-25(19-24)35-27(32)30(8,9)10)12-11-21-13-15-23(16-14-21)34-26(31)29(5,6)7/h13-19H,1,11-12H2,2-10H3. The van der Waals surface area contributed by atoms with E-state index in [4.69, 9.17) is 14.2 Å². The van der Waals surface area contributed by atoms with Gasteiger partial charge in [0.25, 0.3) is 0 Å². The number of aryl methyl sites for hydroxylation is 2. The maximum absolute atomic E-state index is 12.5. The van der Waals surface area contributed by atoms with Crippen molar-refractivity contribution in [3.63, 3.8) is 0 Å². The summed E-state index contributed by atoms with van der Waals surface area (Å²) in [4.78, 5) is 24.6. The monoisotopic (exact) mass is 480 g/mol. The Bertz CT molecular complexity index is 1010. The van der Waals surface area contributed by atoms with E-state index in [-0.39, 0.29) is 17.4 Å². The molecule has 0 aliphatic heterocycles. The van der Waals surface area contributed by atoms with Gasteiger partial charge in [0.1, 0.15) is 23.0 Å². The minimum absolute atomic E-state index is 0.226. The van der Waals surface area contributed by atoms with Crippen molar-refractivity contribution in [3.05, 3.63) is 65.9 Å². The fourth-order valence-corrected chi connectivity index (χ4v) is 2.72. The van der Waals surface area contributed by atoms with Crippen molar-refractivity contribution in [1.29, 1.82) is 0 Å². The highest BCUT2D eigenvalue weighted by Gasteiger charge is 2.25. The molecule has 0 atom stereocenters. The van der Waals surface area contributed by atoms with Crippen LogP contribution in [0.4, 0.5) is 0 Å². The summed E-state index contributed by atoms with van der Waals surface area (Å²) < 4.78 is 17.1. The Morgan fingerprint density at radius 2 is 1.03 bits per heavy atom. The summed E-state index contributed by atoms with van der Waals surface area (Å²) in [6.07, 6.45) is 1.46.